The van der Waals surface area contributed by atoms with Crippen molar-refractivity contribution in [1.82, 2.24) is 4.98 Å². The summed E-state index contributed by atoms with van der Waals surface area (Å²) in [4.78, 5) is 4.45. The van der Waals surface area contributed by atoms with Crippen LogP contribution in [0.25, 0.3) is 28.5 Å². The van der Waals surface area contributed by atoms with Crippen molar-refractivity contribution in [3.8, 4) is 28.1 Å². The van der Waals surface area contributed by atoms with Crippen molar-refractivity contribution in [3.05, 3.63) is 90.9 Å². The first kappa shape index (κ1) is 22.4. The third-order valence-corrected chi connectivity index (χ3v) is 4.89. The molecule has 1 N–H and O–H groups in total. The van der Waals surface area contributed by atoms with Crippen LogP contribution in [0.5, 0.6) is 5.75 Å². The maximum atomic E-state index is 14.5. The summed E-state index contributed by atoms with van der Waals surface area (Å²) in [6.07, 6.45) is 10.1. The van der Waals surface area contributed by atoms with E-state index in [1.165, 1.54) is 6.07 Å². The Bertz CT molecular complexity index is 1010. The van der Waals surface area contributed by atoms with E-state index in [1.807, 2.05) is 19.1 Å². The number of nitrogens with zero attached hydrogens (tertiary/aromatic N) is 1. The number of aromatic nitrogens is 1. The molecule has 2 aromatic carbocycles. The SMILES string of the molecule is C=CCOc1ccc(-c2ccc(-c3ccc(/C=C/CCCC(C)O)cc3)cn2)c(F)c1. The summed E-state index contributed by atoms with van der Waals surface area (Å²) >= 11 is 0. The molecule has 3 rings (SSSR count). The largest absolute Gasteiger partial charge is 0.489 e. The second kappa shape index (κ2) is 11.2. The van der Waals surface area contributed by atoms with E-state index in [-0.39, 0.29) is 11.9 Å². The molecule has 1 atom stereocenters. The molecule has 1 heterocycles. The quantitative estimate of drug-likeness (QED) is 0.295. The van der Waals surface area contributed by atoms with Gasteiger partial charge in [-0.2, -0.15) is 0 Å². The lowest BCUT2D eigenvalue weighted by atomic mass is 10.0. The van der Waals surface area contributed by atoms with E-state index < -0.39 is 0 Å². The molecule has 0 spiro atoms. The maximum absolute atomic E-state index is 14.5. The van der Waals surface area contributed by atoms with Gasteiger partial charge < -0.3 is 9.84 Å². The number of benzene rings is 2. The summed E-state index contributed by atoms with van der Waals surface area (Å²) in [6, 6.07) is 16.8. The molecule has 31 heavy (non-hydrogen) atoms. The number of hydrogen-bond donors (Lipinski definition) is 1. The summed E-state index contributed by atoms with van der Waals surface area (Å²) in [6.45, 7) is 5.74. The predicted molar refractivity (Wildman–Crippen MR) is 125 cm³/mol. The molecule has 0 amide bonds. The number of ether oxygens (including phenoxy) is 1. The molecular formula is C27H28FNO2. The second-order valence-electron chi connectivity index (χ2n) is 7.48. The van der Waals surface area contributed by atoms with E-state index in [1.54, 1.807) is 24.4 Å². The molecule has 0 saturated heterocycles. The molecule has 160 valence electrons. The number of hydrogen-bond acceptors (Lipinski definition) is 3. The minimum atomic E-state index is -0.369. The number of aliphatic hydroxyl groups is 1. The third kappa shape index (κ3) is 6.63. The van der Waals surface area contributed by atoms with Crippen LogP contribution in [0, 0.1) is 5.82 Å². The van der Waals surface area contributed by atoms with Gasteiger partial charge in [-0.15, -0.1) is 0 Å². The van der Waals surface area contributed by atoms with Crippen LogP contribution in [0.2, 0.25) is 0 Å². The van der Waals surface area contributed by atoms with Crippen LogP contribution in [0.4, 0.5) is 4.39 Å². The molecule has 0 aliphatic rings. The van der Waals surface area contributed by atoms with Crippen LogP contribution < -0.4 is 4.74 Å². The van der Waals surface area contributed by atoms with Crippen LogP contribution in [-0.2, 0) is 0 Å². The van der Waals surface area contributed by atoms with Crippen LogP contribution in [-0.4, -0.2) is 22.8 Å². The maximum Gasteiger partial charge on any atom is 0.136 e. The molecule has 3 nitrogen and oxygen atoms in total. The first-order valence-electron chi connectivity index (χ1n) is 10.5. The highest BCUT2D eigenvalue weighted by Gasteiger charge is 2.09. The van der Waals surface area contributed by atoms with Gasteiger partial charge in [-0.25, -0.2) is 4.39 Å². The van der Waals surface area contributed by atoms with Gasteiger partial charge in [0.2, 0.25) is 0 Å². The van der Waals surface area contributed by atoms with E-state index in [9.17, 15) is 9.50 Å². The number of aliphatic hydroxyl groups excluding tert-OH is 1. The molecule has 3 aromatic rings. The zero-order chi connectivity index (χ0) is 22.1. The highest BCUT2D eigenvalue weighted by Crippen LogP contribution is 2.27. The van der Waals surface area contributed by atoms with Gasteiger partial charge in [-0.1, -0.05) is 55.1 Å². The number of rotatable bonds is 10. The fraction of sp³-hybridized carbons (Fsp3) is 0.222. The van der Waals surface area contributed by atoms with Gasteiger partial charge in [-0.05, 0) is 55.5 Å². The van der Waals surface area contributed by atoms with Crippen LogP contribution in [0.1, 0.15) is 31.7 Å². The minimum Gasteiger partial charge on any atom is -0.489 e. The van der Waals surface area contributed by atoms with Crippen molar-refractivity contribution in [3.63, 3.8) is 0 Å². The van der Waals surface area contributed by atoms with Gasteiger partial charge >= 0.3 is 0 Å². The van der Waals surface area contributed by atoms with Crippen molar-refractivity contribution in [1.29, 1.82) is 0 Å². The van der Waals surface area contributed by atoms with Gasteiger partial charge in [-0.3, -0.25) is 4.98 Å². The van der Waals surface area contributed by atoms with E-state index in [2.05, 4.69) is 48.0 Å². The first-order valence-corrected chi connectivity index (χ1v) is 10.5. The summed E-state index contributed by atoms with van der Waals surface area (Å²) in [5.41, 5.74) is 4.18. The highest BCUT2D eigenvalue weighted by molar-refractivity contribution is 5.68. The highest BCUT2D eigenvalue weighted by atomic mass is 19.1. The van der Waals surface area contributed by atoms with E-state index in [0.29, 0.717) is 23.6 Å². The standard InChI is InChI=1S/C27H28FNO2/c1-3-17-31-24-14-15-25(26(28)18-24)27-16-13-23(19-29-27)22-11-9-21(10-12-22)8-6-4-5-7-20(2)30/h3,6,8-16,18-20,30H,1,4-5,7,17H2,2H3/b8-6+. The van der Waals surface area contributed by atoms with Gasteiger partial charge in [0, 0.05) is 23.4 Å². The summed E-state index contributed by atoms with van der Waals surface area (Å²) < 4.78 is 19.8. The Morgan fingerprint density at radius 1 is 1.10 bits per heavy atom. The number of pyridine rings is 1. The topological polar surface area (TPSA) is 42.4 Å². The zero-order valence-corrected chi connectivity index (χ0v) is 17.8. The van der Waals surface area contributed by atoms with E-state index >= 15 is 0 Å². The lowest BCUT2D eigenvalue weighted by molar-refractivity contribution is 0.182. The Balaban J connectivity index is 1.65. The van der Waals surface area contributed by atoms with Gasteiger partial charge in [0.1, 0.15) is 18.2 Å². The Morgan fingerprint density at radius 2 is 1.87 bits per heavy atom. The van der Waals surface area contributed by atoms with Crippen LogP contribution >= 0.6 is 0 Å². The molecule has 0 saturated carbocycles. The Kier molecular flexibility index (Phi) is 8.13. The molecule has 0 aliphatic carbocycles. The number of unbranched alkanes of at least 4 members (excludes halogenated alkanes) is 1. The van der Waals surface area contributed by atoms with Gasteiger partial charge in [0.15, 0.2) is 0 Å². The average Bonchev–Trinajstić information content (AvgIpc) is 2.78. The fourth-order valence-electron chi connectivity index (χ4n) is 3.21. The van der Waals surface area contributed by atoms with Crippen molar-refractivity contribution < 1.29 is 14.2 Å². The van der Waals surface area contributed by atoms with Crippen LogP contribution in [0.15, 0.2) is 79.5 Å². The smallest absolute Gasteiger partial charge is 0.136 e. The third-order valence-electron chi connectivity index (χ3n) is 4.89. The Morgan fingerprint density at radius 3 is 2.52 bits per heavy atom. The molecule has 1 unspecified atom stereocenters. The van der Waals surface area contributed by atoms with E-state index in [4.69, 9.17) is 4.74 Å². The van der Waals surface area contributed by atoms with Crippen molar-refractivity contribution in [2.45, 2.75) is 32.3 Å². The number of allylic oxidation sites excluding steroid dienone is 1. The zero-order valence-electron chi connectivity index (χ0n) is 17.8. The summed E-state index contributed by atoms with van der Waals surface area (Å²) in [7, 11) is 0. The molecular weight excluding hydrogens is 389 g/mol. The van der Waals surface area contributed by atoms with Gasteiger partial charge in [0.05, 0.1) is 11.8 Å². The predicted octanol–water partition coefficient (Wildman–Crippen LogP) is 6.68. The Labute approximate surface area is 183 Å². The molecule has 4 heteroatoms. The van der Waals surface area contributed by atoms with Crippen molar-refractivity contribution in [2.75, 3.05) is 6.61 Å². The molecule has 0 aliphatic heterocycles. The van der Waals surface area contributed by atoms with Crippen molar-refractivity contribution >= 4 is 6.08 Å². The monoisotopic (exact) mass is 417 g/mol. The summed E-state index contributed by atoms with van der Waals surface area (Å²) in [5.74, 6) is 0.0984. The average molecular weight is 418 g/mol. The molecule has 1 aromatic heterocycles. The normalized spacial score (nSPS) is 12.1. The van der Waals surface area contributed by atoms with Gasteiger partial charge in [0.25, 0.3) is 0 Å². The minimum absolute atomic E-state index is 0.236. The second-order valence-corrected chi connectivity index (χ2v) is 7.48. The number of halogens is 1. The summed E-state index contributed by atoms with van der Waals surface area (Å²) in [5, 5.41) is 9.29. The molecule has 0 radical (unpaired) electrons. The molecule has 0 fully saturated rings. The van der Waals surface area contributed by atoms with Crippen molar-refractivity contribution in [2.24, 2.45) is 0 Å². The van der Waals surface area contributed by atoms with E-state index in [0.717, 1.165) is 36.0 Å². The molecule has 0 bridgehead atoms. The van der Waals surface area contributed by atoms with Crippen LogP contribution in [0.3, 0.4) is 0 Å². The lowest BCUT2D eigenvalue weighted by Crippen LogP contribution is -1.97. The Hall–Kier alpha value is -3.24. The first-order chi connectivity index (χ1) is 15.1. The lowest BCUT2D eigenvalue weighted by Gasteiger charge is -2.08. The fourth-order valence-corrected chi connectivity index (χ4v) is 3.21.